The zero-order valence-corrected chi connectivity index (χ0v) is 19.4. The zero-order valence-electron chi connectivity index (χ0n) is 19.4. The lowest BCUT2D eigenvalue weighted by Gasteiger charge is -2.36. The molecule has 0 radical (unpaired) electrons. The molecule has 0 aliphatic carbocycles. The Balaban J connectivity index is 1.09. The molecule has 0 spiro atoms. The molecule has 1 N–H and O–H groups in total. The number of nitrogens with zero attached hydrogens (tertiary/aromatic N) is 3. The molecule has 1 fully saturated rings. The maximum Gasteiger partial charge on any atom is 0.251 e. The van der Waals surface area contributed by atoms with Crippen molar-refractivity contribution in [1.29, 1.82) is 0 Å². The molecule has 35 heavy (non-hydrogen) atoms. The number of ether oxygens (including phenoxy) is 2. The summed E-state index contributed by atoms with van der Waals surface area (Å²) in [6, 6.07) is 6.11. The third-order valence-corrected chi connectivity index (χ3v) is 7.44. The van der Waals surface area contributed by atoms with Gasteiger partial charge in [0.05, 0.1) is 17.4 Å². The van der Waals surface area contributed by atoms with E-state index in [0.29, 0.717) is 67.5 Å². The highest BCUT2D eigenvalue weighted by atomic mass is 19.1. The summed E-state index contributed by atoms with van der Waals surface area (Å²) in [5.74, 6) is 0.207. The topological polar surface area (TPSA) is 68.6 Å². The second-order valence-electron chi connectivity index (χ2n) is 9.60. The standard InChI is InChI=1S/C26H28F2N4O3/c27-20-12-21(28)25-16(3-8-32-24(33)2-1-19(20)26(25)32)15-31-6-4-17(5-7-31)29-13-18-11-22-23(14-30-18)35-10-9-34-22/h1-2,11-12,14,16-17,29H,3-10,13,15H2. The number of aromatic nitrogens is 2. The fourth-order valence-electron chi connectivity index (χ4n) is 5.63. The van der Waals surface area contributed by atoms with Crippen LogP contribution in [0.2, 0.25) is 0 Å². The quantitative estimate of drug-likeness (QED) is 0.603. The van der Waals surface area contributed by atoms with E-state index >= 15 is 0 Å². The minimum absolute atomic E-state index is 0.0636. The number of hydrogen-bond donors (Lipinski definition) is 1. The summed E-state index contributed by atoms with van der Waals surface area (Å²) in [5.41, 5.74) is 1.62. The van der Waals surface area contributed by atoms with Crippen molar-refractivity contribution >= 4 is 10.9 Å². The summed E-state index contributed by atoms with van der Waals surface area (Å²) in [6.45, 7) is 4.75. The van der Waals surface area contributed by atoms with E-state index in [1.807, 2.05) is 6.07 Å². The lowest BCUT2D eigenvalue weighted by atomic mass is 9.88. The first kappa shape index (κ1) is 22.4. The van der Waals surface area contributed by atoms with Gasteiger partial charge in [-0.1, -0.05) is 0 Å². The van der Waals surface area contributed by atoms with Gasteiger partial charge in [-0.3, -0.25) is 9.78 Å². The average molecular weight is 483 g/mol. The number of pyridine rings is 2. The molecule has 9 heteroatoms. The number of hydrogen-bond acceptors (Lipinski definition) is 6. The predicted molar refractivity (Wildman–Crippen MR) is 127 cm³/mol. The Labute approximate surface area is 201 Å². The van der Waals surface area contributed by atoms with Gasteiger partial charge in [0.15, 0.2) is 11.5 Å². The highest BCUT2D eigenvalue weighted by Crippen LogP contribution is 2.36. The number of fused-ring (bicyclic) bond motifs is 1. The molecule has 0 amide bonds. The van der Waals surface area contributed by atoms with Gasteiger partial charge in [-0.05, 0) is 38.4 Å². The molecule has 5 heterocycles. The Morgan fingerprint density at radius 3 is 2.63 bits per heavy atom. The molecule has 3 aromatic rings. The van der Waals surface area contributed by atoms with Crippen molar-refractivity contribution in [1.82, 2.24) is 19.8 Å². The molecule has 0 saturated carbocycles. The van der Waals surface area contributed by atoms with E-state index in [2.05, 4.69) is 15.2 Å². The molecule has 1 unspecified atom stereocenters. The van der Waals surface area contributed by atoms with Gasteiger partial charge in [-0.25, -0.2) is 8.78 Å². The number of nitrogens with one attached hydrogen (secondary N) is 1. The summed E-state index contributed by atoms with van der Waals surface area (Å²) in [7, 11) is 0. The first-order chi connectivity index (χ1) is 17.1. The van der Waals surface area contributed by atoms with Crippen molar-refractivity contribution < 1.29 is 18.3 Å². The fourth-order valence-corrected chi connectivity index (χ4v) is 5.63. The molecule has 3 aliphatic rings. The summed E-state index contributed by atoms with van der Waals surface area (Å²) in [6.07, 6.45) is 4.35. The van der Waals surface area contributed by atoms with E-state index in [-0.39, 0.29) is 11.5 Å². The first-order valence-corrected chi connectivity index (χ1v) is 12.3. The molecule has 1 saturated heterocycles. The fraction of sp³-hybridized carbons (Fsp3) is 0.462. The summed E-state index contributed by atoms with van der Waals surface area (Å²) >= 11 is 0. The van der Waals surface area contributed by atoms with Crippen molar-refractivity contribution in [3.05, 3.63) is 63.7 Å². The number of aryl methyl sites for hydroxylation is 1. The van der Waals surface area contributed by atoms with Crippen LogP contribution in [0.5, 0.6) is 11.5 Å². The van der Waals surface area contributed by atoms with Gasteiger partial charge in [0, 0.05) is 60.7 Å². The number of rotatable bonds is 5. The Hall–Kier alpha value is -3.04. The number of benzene rings is 1. The lowest BCUT2D eigenvalue weighted by Crippen LogP contribution is -2.44. The van der Waals surface area contributed by atoms with Crippen LogP contribution in [0.25, 0.3) is 10.9 Å². The third kappa shape index (κ3) is 4.27. The molecule has 6 rings (SSSR count). The summed E-state index contributed by atoms with van der Waals surface area (Å²) in [4.78, 5) is 19.1. The van der Waals surface area contributed by atoms with Crippen LogP contribution < -0.4 is 20.3 Å². The molecule has 1 atom stereocenters. The van der Waals surface area contributed by atoms with Crippen LogP contribution >= 0.6 is 0 Å². The molecule has 2 aromatic heterocycles. The van der Waals surface area contributed by atoms with E-state index < -0.39 is 11.6 Å². The number of likely N-dealkylation sites (tertiary alicyclic amines) is 1. The zero-order chi connectivity index (χ0) is 23.9. The normalized spacial score (nSPS) is 20.3. The molecule has 184 valence electrons. The minimum atomic E-state index is -0.616. The van der Waals surface area contributed by atoms with Crippen LogP contribution in [-0.4, -0.2) is 53.3 Å². The van der Waals surface area contributed by atoms with Crippen LogP contribution in [0.3, 0.4) is 0 Å². The highest BCUT2D eigenvalue weighted by Gasteiger charge is 2.30. The van der Waals surface area contributed by atoms with Crippen LogP contribution in [-0.2, 0) is 13.1 Å². The van der Waals surface area contributed by atoms with Gasteiger partial charge in [-0.15, -0.1) is 0 Å². The van der Waals surface area contributed by atoms with E-state index in [9.17, 15) is 13.6 Å². The van der Waals surface area contributed by atoms with Crippen molar-refractivity contribution in [3.8, 4) is 11.5 Å². The smallest absolute Gasteiger partial charge is 0.251 e. The van der Waals surface area contributed by atoms with E-state index in [1.165, 1.54) is 16.7 Å². The third-order valence-electron chi connectivity index (χ3n) is 7.44. The maximum absolute atomic E-state index is 15.0. The van der Waals surface area contributed by atoms with Crippen LogP contribution in [0.15, 0.2) is 35.3 Å². The van der Waals surface area contributed by atoms with Gasteiger partial charge in [0.2, 0.25) is 0 Å². The van der Waals surface area contributed by atoms with Crippen molar-refractivity contribution in [2.24, 2.45) is 0 Å². The van der Waals surface area contributed by atoms with Crippen molar-refractivity contribution in [2.45, 2.75) is 44.3 Å². The Kier molecular flexibility index (Phi) is 5.89. The maximum atomic E-state index is 15.0. The van der Waals surface area contributed by atoms with Crippen LogP contribution in [0.4, 0.5) is 8.78 Å². The first-order valence-electron chi connectivity index (χ1n) is 12.3. The van der Waals surface area contributed by atoms with Gasteiger partial charge in [-0.2, -0.15) is 0 Å². The average Bonchev–Trinajstić information content (AvgIpc) is 2.87. The molecule has 3 aliphatic heterocycles. The SMILES string of the molecule is O=c1ccc2c(F)cc(F)c3c2n1CCC3CN1CCC(NCc2cc3c(cn2)OCCO3)CC1. The van der Waals surface area contributed by atoms with Crippen molar-refractivity contribution in [2.75, 3.05) is 32.8 Å². The molecule has 7 nitrogen and oxygen atoms in total. The minimum Gasteiger partial charge on any atom is -0.486 e. The van der Waals surface area contributed by atoms with E-state index in [0.717, 1.165) is 43.4 Å². The number of halogens is 2. The number of piperidine rings is 1. The van der Waals surface area contributed by atoms with Crippen molar-refractivity contribution in [3.63, 3.8) is 0 Å². The molecular formula is C26H28F2N4O3. The van der Waals surface area contributed by atoms with Gasteiger partial charge in [0.25, 0.3) is 5.56 Å². The largest absolute Gasteiger partial charge is 0.486 e. The Bertz CT molecular complexity index is 1320. The second kappa shape index (κ2) is 9.20. The highest BCUT2D eigenvalue weighted by molar-refractivity contribution is 5.84. The molecular weight excluding hydrogens is 454 g/mol. The Morgan fingerprint density at radius 2 is 1.80 bits per heavy atom. The molecule has 1 aromatic carbocycles. The monoisotopic (exact) mass is 482 g/mol. The van der Waals surface area contributed by atoms with Crippen LogP contribution in [0.1, 0.15) is 36.4 Å². The van der Waals surface area contributed by atoms with Gasteiger partial charge < -0.3 is 24.3 Å². The van der Waals surface area contributed by atoms with Crippen LogP contribution in [0, 0.1) is 11.6 Å². The summed E-state index contributed by atoms with van der Waals surface area (Å²) in [5, 5.41) is 3.91. The Morgan fingerprint density at radius 1 is 1.00 bits per heavy atom. The molecule has 0 bridgehead atoms. The summed E-state index contributed by atoms with van der Waals surface area (Å²) < 4.78 is 42.1. The van der Waals surface area contributed by atoms with E-state index in [4.69, 9.17) is 9.47 Å². The van der Waals surface area contributed by atoms with Gasteiger partial charge >= 0.3 is 0 Å². The lowest BCUT2D eigenvalue weighted by molar-refractivity contribution is 0.170. The second-order valence-corrected chi connectivity index (χ2v) is 9.60. The van der Waals surface area contributed by atoms with Gasteiger partial charge in [0.1, 0.15) is 24.8 Å². The van der Waals surface area contributed by atoms with E-state index in [1.54, 1.807) is 6.20 Å². The predicted octanol–water partition coefficient (Wildman–Crippen LogP) is 3.19.